The molecule has 0 saturated carbocycles. The summed E-state index contributed by atoms with van der Waals surface area (Å²) in [5.74, 6) is 0.256. The molecule has 0 aliphatic heterocycles. The third kappa shape index (κ3) is 6.41. The summed E-state index contributed by atoms with van der Waals surface area (Å²) in [6.07, 6.45) is 0. The van der Waals surface area contributed by atoms with Crippen LogP contribution in [-0.4, -0.2) is 31.0 Å². The van der Waals surface area contributed by atoms with E-state index in [4.69, 9.17) is 4.74 Å². The van der Waals surface area contributed by atoms with Crippen molar-refractivity contribution in [3.8, 4) is 5.75 Å². The van der Waals surface area contributed by atoms with Crippen LogP contribution in [-0.2, 0) is 10.2 Å². The van der Waals surface area contributed by atoms with Crippen LogP contribution in [0.2, 0.25) is 0 Å². The monoisotopic (exact) mass is 382 g/mol. The molecule has 0 radical (unpaired) electrons. The van der Waals surface area contributed by atoms with Gasteiger partial charge >= 0.3 is 0 Å². The Labute approximate surface area is 167 Å². The maximum atomic E-state index is 12.3. The average Bonchev–Trinajstić information content (AvgIpc) is 2.65. The lowest BCUT2D eigenvalue weighted by atomic mass is 9.86. The smallest absolute Gasteiger partial charge is 0.251 e. The Morgan fingerprint density at radius 1 is 1.00 bits per heavy atom. The van der Waals surface area contributed by atoms with E-state index in [1.807, 2.05) is 43.3 Å². The first-order valence-corrected chi connectivity index (χ1v) is 9.55. The van der Waals surface area contributed by atoms with Crippen LogP contribution < -0.4 is 15.4 Å². The largest absolute Gasteiger partial charge is 0.492 e. The van der Waals surface area contributed by atoms with E-state index in [1.165, 1.54) is 5.56 Å². The van der Waals surface area contributed by atoms with Gasteiger partial charge in [0, 0.05) is 5.56 Å². The number of amides is 2. The average molecular weight is 383 g/mol. The number of aryl methyl sites for hydroxylation is 1. The topological polar surface area (TPSA) is 67.4 Å². The van der Waals surface area contributed by atoms with Crippen molar-refractivity contribution in [2.45, 2.75) is 46.1 Å². The fourth-order valence-electron chi connectivity index (χ4n) is 2.60. The molecule has 0 aliphatic carbocycles. The van der Waals surface area contributed by atoms with Crippen LogP contribution in [0.3, 0.4) is 0 Å². The Bertz CT molecular complexity index is 790. The summed E-state index contributed by atoms with van der Waals surface area (Å²) in [4.78, 5) is 24.5. The second-order valence-corrected chi connectivity index (χ2v) is 7.98. The van der Waals surface area contributed by atoms with Gasteiger partial charge in [-0.3, -0.25) is 9.59 Å². The van der Waals surface area contributed by atoms with E-state index >= 15 is 0 Å². The normalized spacial score (nSPS) is 12.2. The predicted octanol–water partition coefficient (Wildman–Crippen LogP) is 3.61. The molecule has 150 valence electrons. The Hall–Kier alpha value is -2.82. The highest BCUT2D eigenvalue weighted by Gasteiger charge is 2.18. The summed E-state index contributed by atoms with van der Waals surface area (Å²) in [5.41, 5.74) is 2.89. The summed E-state index contributed by atoms with van der Waals surface area (Å²) in [5, 5.41) is 5.50. The standard InChI is InChI=1S/C23H30N2O3/c1-16-6-12-20(13-7-16)28-15-14-24-21(26)17(2)25-22(27)18-8-10-19(11-9-18)23(3,4)5/h6-13,17H,14-15H2,1-5H3,(H,24,26)(H,25,27)/t17-/m0/s1. The summed E-state index contributed by atoms with van der Waals surface area (Å²) >= 11 is 0. The molecule has 0 aliphatic rings. The van der Waals surface area contributed by atoms with Crippen molar-refractivity contribution in [2.75, 3.05) is 13.2 Å². The van der Waals surface area contributed by atoms with Crippen LogP contribution in [0.15, 0.2) is 48.5 Å². The van der Waals surface area contributed by atoms with E-state index in [-0.39, 0.29) is 17.2 Å². The molecule has 5 heteroatoms. The fourth-order valence-corrected chi connectivity index (χ4v) is 2.60. The molecule has 0 saturated heterocycles. The Balaban J connectivity index is 1.76. The number of rotatable bonds is 7. The molecule has 2 aromatic rings. The molecule has 0 spiro atoms. The van der Waals surface area contributed by atoms with Gasteiger partial charge in [-0.05, 0) is 49.1 Å². The molecular formula is C23H30N2O3. The van der Waals surface area contributed by atoms with E-state index in [1.54, 1.807) is 19.1 Å². The number of carbonyl (C=O) groups is 2. The Kier molecular flexibility index (Phi) is 7.21. The van der Waals surface area contributed by atoms with Crippen LogP contribution >= 0.6 is 0 Å². The van der Waals surface area contributed by atoms with Gasteiger partial charge in [-0.1, -0.05) is 50.6 Å². The molecule has 0 heterocycles. The van der Waals surface area contributed by atoms with Gasteiger partial charge in [0.05, 0.1) is 6.54 Å². The lowest BCUT2D eigenvalue weighted by Crippen LogP contribution is -2.45. The molecular weight excluding hydrogens is 352 g/mol. The SMILES string of the molecule is Cc1ccc(OCCNC(=O)[C@H](C)NC(=O)c2ccc(C(C)(C)C)cc2)cc1. The molecule has 0 unspecified atom stereocenters. The summed E-state index contributed by atoms with van der Waals surface area (Å²) < 4.78 is 5.58. The van der Waals surface area contributed by atoms with Gasteiger partial charge in [-0.25, -0.2) is 0 Å². The first-order chi connectivity index (χ1) is 13.2. The lowest BCUT2D eigenvalue weighted by Gasteiger charge is -2.19. The summed E-state index contributed by atoms with van der Waals surface area (Å²) in [6.45, 7) is 10.8. The third-order valence-electron chi connectivity index (χ3n) is 4.45. The number of carbonyl (C=O) groups excluding carboxylic acids is 2. The van der Waals surface area contributed by atoms with E-state index in [9.17, 15) is 9.59 Å². The quantitative estimate of drug-likeness (QED) is 0.719. The lowest BCUT2D eigenvalue weighted by molar-refractivity contribution is -0.122. The molecule has 2 amide bonds. The molecule has 28 heavy (non-hydrogen) atoms. The first kappa shape index (κ1) is 21.5. The van der Waals surface area contributed by atoms with Gasteiger partial charge in [0.15, 0.2) is 0 Å². The zero-order chi connectivity index (χ0) is 20.7. The molecule has 1 atom stereocenters. The van der Waals surface area contributed by atoms with Gasteiger partial charge in [-0.15, -0.1) is 0 Å². The van der Waals surface area contributed by atoms with Crippen LogP contribution in [0.25, 0.3) is 0 Å². The van der Waals surface area contributed by atoms with E-state index in [0.29, 0.717) is 18.7 Å². The van der Waals surface area contributed by atoms with Crippen molar-refractivity contribution in [1.29, 1.82) is 0 Å². The fraction of sp³-hybridized carbons (Fsp3) is 0.391. The highest BCUT2D eigenvalue weighted by Crippen LogP contribution is 2.22. The number of nitrogens with one attached hydrogen (secondary N) is 2. The van der Waals surface area contributed by atoms with Crippen molar-refractivity contribution in [3.63, 3.8) is 0 Å². The Morgan fingerprint density at radius 2 is 1.61 bits per heavy atom. The molecule has 2 N–H and O–H groups in total. The predicted molar refractivity (Wildman–Crippen MR) is 112 cm³/mol. The highest BCUT2D eigenvalue weighted by atomic mass is 16.5. The molecule has 0 bridgehead atoms. The van der Waals surface area contributed by atoms with Crippen molar-refractivity contribution < 1.29 is 14.3 Å². The first-order valence-electron chi connectivity index (χ1n) is 9.55. The van der Waals surface area contributed by atoms with Gasteiger partial charge < -0.3 is 15.4 Å². The second-order valence-electron chi connectivity index (χ2n) is 7.98. The van der Waals surface area contributed by atoms with Crippen molar-refractivity contribution in [1.82, 2.24) is 10.6 Å². The maximum Gasteiger partial charge on any atom is 0.251 e. The van der Waals surface area contributed by atoms with Gasteiger partial charge in [0.2, 0.25) is 5.91 Å². The molecule has 0 fully saturated rings. The highest BCUT2D eigenvalue weighted by molar-refractivity contribution is 5.97. The van der Waals surface area contributed by atoms with Gasteiger partial charge in [0.25, 0.3) is 5.91 Å². The molecule has 0 aromatic heterocycles. The summed E-state index contributed by atoms with van der Waals surface area (Å²) in [6, 6.07) is 14.6. The van der Waals surface area contributed by atoms with Crippen molar-refractivity contribution in [2.24, 2.45) is 0 Å². The minimum Gasteiger partial charge on any atom is -0.492 e. The van der Waals surface area contributed by atoms with E-state index in [0.717, 1.165) is 11.3 Å². The maximum absolute atomic E-state index is 12.3. The number of hydrogen-bond donors (Lipinski definition) is 2. The number of benzene rings is 2. The van der Waals surface area contributed by atoms with Crippen LogP contribution in [0.4, 0.5) is 0 Å². The Morgan fingerprint density at radius 3 is 2.18 bits per heavy atom. The van der Waals surface area contributed by atoms with Crippen LogP contribution in [0, 0.1) is 6.92 Å². The van der Waals surface area contributed by atoms with Crippen LogP contribution in [0.5, 0.6) is 5.75 Å². The number of hydrogen-bond acceptors (Lipinski definition) is 3. The zero-order valence-electron chi connectivity index (χ0n) is 17.3. The summed E-state index contributed by atoms with van der Waals surface area (Å²) in [7, 11) is 0. The minimum absolute atomic E-state index is 0.0306. The van der Waals surface area contributed by atoms with E-state index in [2.05, 4.69) is 31.4 Å². The van der Waals surface area contributed by atoms with Crippen LogP contribution in [0.1, 0.15) is 49.2 Å². The molecule has 2 aromatic carbocycles. The zero-order valence-corrected chi connectivity index (χ0v) is 17.3. The van der Waals surface area contributed by atoms with Gasteiger partial charge in [-0.2, -0.15) is 0 Å². The third-order valence-corrected chi connectivity index (χ3v) is 4.45. The van der Waals surface area contributed by atoms with E-state index < -0.39 is 6.04 Å². The second kappa shape index (κ2) is 9.40. The molecule has 2 rings (SSSR count). The number of ether oxygens (including phenoxy) is 1. The van der Waals surface area contributed by atoms with Crippen molar-refractivity contribution in [3.05, 3.63) is 65.2 Å². The molecule has 5 nitrogen and oxygen atoms in total. The van der Waals surface area contributed by atoms with Crippen molar-refractivity contribution >= 4 is 11.8 Å². The minimum atomic E-state index is -0.630. The van der Waals surface area contributed by atoms with Gasteiger partial charge in [0.1, 0.15) is 18.4 Å².